The number of ether oxygens (including phenoxy) is 1. The van der Waals surface area contributed by atoms with Gasteiger partial charge in [-0.05, 0) is 38.2 Å². The Hall–Kier alpha value is -2.19. The number of methoxy groups -OCH3 is 1. The Morgan fingerprint density at radius 1 is 1.13 bits per heavy atom. The van der Waals surface area contributed by atoms with E-state index in [0.717, 1.165) is 25.7 Å². The molecule has 2 N–H and O–H groups in total. The number of hydrogen-bond donors (Lipinski definition) is 2. The molecule has 2 atom stereocenters. The molecule has 1 aromatic rings. The van der Waals surface area contributed by atoms with Crippen LogP contribution in [0.5, 0.6) is 5.88 Å². The van der Waals surface area contributed by atoms with Crippen LogP contribution in [0, 0.1) is 0 Å². The predicted molar refractivity (Wildman–Crippen MR) is 116 cm³/mol. The molecule has 0 aromatic carbocycles. The van der Waals surface area contributed by atoms with Crippen LogP contribution in [0.3, 0.4) is 0 Å². The van der Waals surface area contributed by atoms with Crippen LogP contribution in [0.25, 0.3) is 0 Å². The molecule has 2 saturated heterocycles. The maximum atomic E-state index is 13.0. The first-order valence-corrected chi connectivity index (χ1v) is 11.6. The summed E-state index contributed by atoms with van der Waals surface area (Å²) in [6.07, 6.45) is 8.91. The summed E-state index contributed by atoms with van der Waals surface area (Å²) < 4.78 is 5.06. The zero-order chi connectivity index (χ0) is 21.8. The zero-order valence-electron chi connectivity index (χ0n) is 18.3. The number of aliphatic hydroxyl groups excluding tert-OH is 1. The van der Waals surface area contributed by atoms with Gasteiger partial charge in [-0.15, -0.1) is 0 Å². The number of aromatic nitrogens is 1. The van der Waals surface area contributed by atoms with Crippen LogP contribution < -0.4 is 10.1 Å². The maximum absolute atomic E-state index is 13.0. The average molecular weight is 431 g/mol. The van der Waals surface area contributed by atoms with Gasteiger partial charge in [0, 0.05) is 44.0 Å². The fourth-order valence-electron chi connectivity index (χ4n) is 5.25. The Morgan fingerprint density at radius 3 is 2.52 bits per heavy atom. The van der Waals surface area contributed by atoms with Gasteiger partial charge in [0.25, 0.3) is 5.91 Å². The number of hydrogen-bond acceptors (Lipinski definition) is 6. The number of nitrogens with zero attached hydrogens (tertiary/aromatic N) is 3. The third kappa shape index (κ3) is 5.18. The van der Waals surface area contributed by atoms with Crippen molar-refractivity contribution in [2.24, 2.45) is 0 Å². The summed E-state index contributed by atoms with van der Waals surface area (Å²) in [4.78, 5) is 33.9. The van der Waals surface area contributed by atoms with Gasteiger partial charge in [-0.1, -0.05) is 19.3 Å². The van der Waals surface area contributed by atoms with E-state index in [4.69, 9.17) is 4.74 Å². The van der Waals surface area contributed by atoms with E-state index in [0.29, 0.717) is 37.5 Å². The van der Waals surface area contributed by atoms with E-state index in [9.17, 15) is 14.7 Å². The van der Waals surface area contributed by atoms with Gasteiger partial charge >= 0.3 is 0 Å². The van der Waals surface area contributed by atoms with Crippen molar-refractivity contribution in [3.05, 3.63) is 23.9 Å². The number of amides is 2. The molecule has 3 aliphatic rings. The first-order valence-electron chi connectivity index (χ1n) is 11.6. The summed E-state index contributed by atoms with van der Waals surface area (Å²) in [5.41, 5.74) is 0.556. The second-order valence-corrected chi connectivity index (χ2v) is 9.06. The van der Waals surface area contributed by atoms with E-state index in [1.807, 2.05) is 4.90 Å². The molecule has 4 rings (SSSR count). The summed E-state index contributed by atoms with van der Waals surface area (Å²) >= 11 is 0. The molecular weight excluding hydrogens is 396 g/mol. The summed E-state index contributed by atoms with van der Waals surface area (Å²) in [5.74, 6) is 0.522. The Labute approximate surface area is 184 Å². The lowest BCUT2D eigenvalue weighted by Crippen LogP contribution is -2.53. The van der Waals surface area contributed by atoms with Crippen LogP contribution in [0.4, 0.5) is 0 Å². The van der Waals surface area contributed by atoms with Gasteiger partial charge in [-0.3, -0.25) is 14.5 Å². The van der Waals surface area contributed by atoms with E-state index < -0.39 is 6.10 Å². The number of likely N-dealkylation sites (tertiary alicyclic amines) is 2. The monoisotopic (exact) mass is 430 g/mol. The Balaban J connectivity index is 1.33. The van der Waals surface area contributed by atoms with Crippen LogP contribution >= 0.6 is 0 Å². The smallest absolute Gasteiger partial charge is 0.255 e. The molecule has 1 aromatic heterocycles. The number of nitrogens with one attached hydrogen (secondary N) is 1. The van der Waals surface area contributed by atoms with Crippen molar-refractivity contribution >= 4 is 11.8 Å². The molecule has 0 spiro atoms. The normalized spacial score (nSPS) is 26.1. The Kier molecular flexibility index (Phi) is 7.07. The third-order valence-electron chi connectivity index (χ3n) is 6.98. The van der Waals surface area contributed by atoms with Crippen molar-refractivity contribution < 1.29 is 19.4 Å². The highest BCUT2D eigenvalue weighted by atomic mass is 16.5. The molecular formula is C23H34N4O4. The highest BCUT2D eigenvalue weighted by molar-refractivity contribution is 5.94. The quantitative estimate of drug-likeness (QED) is 0.737. The van der Waals surface area contributed by atoms with Crippen LogP contribution in [0.15, 0.2) is 18.3 Å². The van der Waals surface area contributed by atoms with E-state index in [1.54, 1.807) is 25.4 Å². The number of aliphatic hydroxyl groups is 1. The summed E-state index contributed by atoms with van der Waals surface area (Å²) in [7, 11) is 1.55. The Bertz CT molecular complexity index is 757. The molecule has 0 radical (unpaired) electrons. The molecule has 1 saturated carbocycles. The van der Waals surface area contributed by atoms with Crippen molar-refractivity contribution in [1.82, 2.24) is 20.1 Å². The second-order valence-electron chi connectivity index (χ2n) is 9.06. The lowest BCUT2D eigenvalue weighted by Gasteiger charge is -2.39. The predicted octanol–water partition coefficient (Wildman–Crippen LogP) is 1.58. The van der Waals surface area contributed by atoms with E-state index in [-0.39, 0.29) is 29.9 Å². The molecule has 2 aliphatic heterocycles. The van der Waals surface area contributed by atoms with Crippen LogP contribution in [0.1, 0.15) is 61.7 Å². The molecule has 3 heterocycles. The number of carbonyl (C=O) groups is 2. The fourth-order valence-corrected chi connectivity index (χ4v) is 5.25. The van der Waals surface area contributed by atoms with E-state index in [2.05, 4.69) is 15.2 Å². The molecule has 8 heteroatoms. The lowest BCUT2D eigenvalue weighted by molar-refractivity contribution is -0.127. The average Bonchev–Trinajstić information content (AvgIpc) is 3.21. The lowest BCUT2D eigenvalue weighted by atomic mass is 9.95. The third-order valence-corrected chi connectivity index (χ3v) is 6.98. The molecule has 8 nitrogen and oxygen atoms in total. The van der Waals surface area contributed by atoms with Crippen molar-refractivity contribution in [1.29, 1.82) is 0 Å². The van der Waals surface area contributed by atoms with Crippen LogP contribution in [-0.2, 0) is 4.79 Å². The molecule has 3 fully saturated rings. The second kappa shape index (κ2) is 9.96. The summed E-state index contributed by atoms with van der Waals surface area (Å²) in [6.45, 7) is 1.81. The standard InChI is InChI=1S/C23H34N4O4/c1-31-21-8-7-16(14-24-21)23(30)26-11-9-18(10-12-26)27-15-19(28)13-20(27)22(29)25-17-5-3-2-4-6-17/h7-8,14,17-20,28H,2-6,9-13,15H2,1H3,(H,25,29)/t19-,20+/m1/s1. The zero-order valence-corrected chi connectivity index (χ0v) is 18.3. The van der Waals surface area contributed by atoms with E-state index >= 15 is 0 Å². The van der Waals surface area contributed by atoms with Crippen molar-refractivity contribution in [2.75, 3.05) is 26.7 Å². The first kappa shape index (κ1) is 22.0. The van der Waals surface area contributed by atoms with Crippen molar-refractivity contribution in [3.8, 4) is 5.88 Å². The Morgan fingerprint density at radius 2 is 1.87 bits per heavy atom. The van der Waals surface area contributed by atoms with Gasteiger partial charge in [-0.25, -0.2) is 4.98 Å². The summed E-state index contributed by atoms with van der Waals surface area (Å²) in [6, 6.07) is 3.65. The molecule has 2 amide bonds. The molecule has 0 unspecified atom stereocenters. The number of carbonyl (C=O) groups excluding carboxylic acids is 2. The number of β-amino-alcohol motifs (C(OH)–C–C–N with tert-alkyl or cyclic N) is 1. The highest BCUT2D eigenvalue weighted by Gasteiger charge is 2.41. The fraction of sp³-hybridized carbons (Fsp3) is 0.696. The number of pyridine rings is 1. The topological polar surface area (TPSA) is 95.0 Å². The van der Waals surface area contributed by atoms with Crippen LogP contribution in [-0.4, -0.2) is 82.7 Å². The number of rotatable bonds is 5. The van der Waals surface area contributed by atoms with Gasteiger partial charge in [0.1, 0.15) is 0 Å². The van der Waals surface area contributed by atoms with Crippen LogP contribution in [0.2, 0.25) is 0 Å². The van der Waals surface area contributed by atoms with Gasteiger partial charge < -0.3 is 20.1 Å². The maximum Gasteiger partial charge on any atom is 0.255 e. The largest absolute Gasteiger partial charge is 0.481 e. The minimum atomic E-state index is -0.466. The van der Waals surface area contributed by atoms with Gasteiger partial charge in [0.2, 0.25) is 11.8 Å². The van der Waals surface area contributed by atoms with E-state index in [1.165, 1.54) is 19.3 Å². The van der Waals surface area contributed by atoms with Gasteiger partial charge in [0.15, 0.2) is 0 Å². The summed E-state index contributed by atoms with van der Waals surface area (Å²) in [5, 5.41) is 13.5. The molecule has 31 heavy (non-hydrogen) atoms. The van der Waals surface area contributed by atoms with Crippen molar-refractivity contribution in [2.45, 2.75) is 75.6 Å². The molecule has 0 bridgehead atoms. The molecule has 1 aliphatic carbocycles. The highest BCUT2D eigenvalue weighted by Crippen LogP contribution is 2.28. The molecule has 170 valence electrons. The minimum Gasteiger partial charge on any atom is -0.481 e. The van der Waals surface area contributed by atoms with Gasteiger partial charge in [0.05, 0.1) is 24.8 Å². The van der Waals surface area contributed by atoms with Gasteiger partial charge in [-0.2, -0.15) is 0 Å². The first-order chi connectivity index (χ1) is 15.0. The van der Waals surface area contributed by atoms with Crippen molar-refractivity contribution in [3.63, 3.8) is 0 Å². The minimum absolute atomic E-state index is 0.0262. The SMILES string of the molecule is COc1ccc(C(=O)N2CCC(N3C[C@H](O)C[C@H]3C(=O)NC3CCCCC3)CC2)cn1. The number of piperidine rings is 1.